The van der Waals surface area contributed by atoms with Crippen molar-refractivity contribution >= 4 is 11.8 Å². The molecule has 0 saturated heterocycles. The molecule has 2 aromatic rings. The molecule has 0 aliphatic rings. The number of likely N-dealkylation sites (N-methyl/N-ethyl adjacent to an activating group) is 1. The largest absolute Gasteiger partial charge is 0.355 e. The molecule has 2 rings (SSSR count). The van der Waals surface area contributed by atoms with E-state index in [9.17, 15) is 9.59 Å². The highest BCUT2D eigenvalue weighted by Crippen LogP contribution is 2.17. The molecule has 0 heterocycles. The summed E-state index contributed by atoms with van der Waals surface area (Å²) in [7, 11) is 0. The molecule has 4 nitrogen and oxygen atoms in total. The fourth-order valence-electron chi connectivity index (χ4n) is 3.25. The number of rotatable bonds is 8. The molecule has 0 aromatic heterocycles. The highest BCUT2D eigenvalue weighted by Gasteiger charge is 2.28. The van der Waals surface area contributed by atoms with Gasteiger partial charge in [-0.1, -0.05) is 61.0 Å². The monoisotopic (exact) mass is 366 g/mol. The predicted octanol–water partition coefficient (Wildman–Crippen LogP) is 3.79. The summed E-state index contributed by atoms with van der Waals surface area (Å²) in [5.74, 6) is -0.115. The van der Waals surface area contributed by atoms with Crippen molar-refractivity contribution in [3.05, 3.63) is 70.8 Å². The van der Waals surface area contributed by atoms with Gasteiger partial charge in [0.15, 0.2) is 0 Å². The van der Waals surface area contributed by atoms with Crippen LogP contribution in [0.2, 0.25) is 0 Å². The van der Waals surface area contributed by atoms with Gasteiger partial charge in [-0.05, 0) is 43.9 Å². The van der Waals surface area contributed by atoms with Crippen LogP contribution in [0.5, 0.6) is 0 Å². The van der Waals surface area contributed by atoms with E-state index in [1.807, 2.05) is 64.1 Å². The van der Waals surface area contributed by atoms with Crippen LogP contribution in [0.1, 0.15) is 42.5 Å². The Kier molecular flexibility index (Phi) is 7.59. The van der Waals surface area contributed by atoms with Crippen molar-refractivity contribution in [3.63, 3.8) is 0 Å². The summed E-state index contributed by atoms with van der Waals surface area (Å²) < 4.78 is 0. The molecule has 0 radical (unpaired) electrons. The Morgan fingerprint density at radius 3 is 2.37 bits per heavy atom. The zero-order valence-electron chi connectivity index (χ0n) is 16.8. The maximum absolute atomic E-state index is 13.2. The van der Waals surface area contributed by atoms with E-state index in [0.717, 1.165) is 22.3 Å². The van der Waals surface area contributed by atoms with Crippen LogP contribution in [-0.2, 0) is 22.6 Å². The fraction of sp³-hybridized carbons (Fsp3) is 0.391. The number of nitrogens with zero attached hydrogens (tertiary/aromatic N) is 1. The Morgan fingerprint density at radius 2 is 1.74 bits per heavy atom. The Labute approximate surface area is 162 Å². The van der Waals surface area contributed by atoms with Crippen molar-refractivity contribution in [1.29, 1.82) is 0 Å². The number of aryl methyl sites for hydroxylation is 2. The lowest BCUT2D eigenvalue weighted by molar-refractivity contribution is -0.140. The van der Waals surface area contributed by atoms with Crippen LogP contribution < -0.4 is 5.32 Å². The lowest BCUT2D eigenvalue weighted by atomic mass is 10.0. The van der Waals surface area contributed by atoms with E-state index < -0.39 is 6.04 Å². The van der Waals surface area contributed by atoms with E-state index in [0.29, 0.717) is 25.9 Å². The molecule has 1 atom stereocenters. The maximum atomic E-state index is 13.2. The third-order valence-electron chi connectivity index (χ3n) is 4.78. The van der Waals surface area contributed by atoms with E-state index in [1.165, 1.54) is 0 Å². The first-order valence-electron chi connectivity index (χ1n) is 9.63. The second-order valence-corrected chi connectivity index (χ2v) is 6.93. The van der Waals surface area contributed by atoms with Gasteiger partial charge in [0.25, 0.3) is 0 Å². The van der Waals surface area contributed by atoms with Crippen molar-refractivity contribution in [3.8, 4) is 0 Å². The second kappa shape index (κ2) is 9.91. The molecular weight excluding hydrogens is 336 g/mol. The molecule has 4 heteroatoms. The molecule has 2 amide bonds. The average molecular weight is 367 g/mol. The highest BCUT2D eigenvalue weighted by atomic mass is 16.2. The van der Waals surface area contributed by atoms with Crippen molar-refractivity contribution in [2.75, 3.05) is 6.54 Å². The minimum Gasteiger partial charge on any atom is -0.355 e. The standard InChI is InChI=1S/C23H30N2O2/c1-5-21(23(27)24-6-2)25(16-19-10-8-7-9-11-19)22(26)15-20-14-17(3)12-13-18(20)4/h7-14,21H,5-6,15-16H2,1-4H3,(H,24,27)/t21-/m1/s1. The molecule has 0 aliphatic carbocycles. The smallest absolute Gasteiger partial charge is 0.242 e. The highest BCUT2D eigenvalue weighted by molar-refractivity contribution is 5.88. The Morgan fingerprint density at radius 1 is 1.04 bits per heavy atom. The van der Waals surface area contributed by atoms with Gasteiger partial charge in [0.1, 0.15) is 6.04 Å². The fourth-order valence-corrected chi connectivity index (χ4v) is 3.25. The van der Waals surface area contributed by atoms with Crippen LogP contribution in [0.15, 0.2) is 48.5 Å². The van der Waals surface area contributed by atoms with Gasteiger partial charge in [-0.3, -0.25) is 9.59 Å². The van der Waals surface area contributed by atoms with E-state index >= 15 is 0 Å². The molecule has 27 heavy (non-hydrogen) atoms. The minimum atomic E-state index is -0.470. The lowest BCUT2D eigenvalue weighted by Crippen LogP contribution is -2.49. The molecule has 0 unspecified atom stereocenters. The number of nitrogens with one attached hydrogen (secondary N) is 1. The average Bonchev–Trinajstić information content (AvgIpc) is 2.65. The lowest BCUT2D eigenvalue weighted by Gasteiger charge is -2.31. The van der Waals surface area contributed by atoms with Crippen LogP contribution in [0.4, 0.5) is 0 Å². The summed E-state index contributed by atoms with van der Waals surface area (Å²) in [6.07, 6.45) is 0.882. The van der Waals surface area contributed by atoms with Crippen molar-refractivity contribution < 1.29 is 9.59 Å². The number of hydrogen-bond donors (Lipinski definition) is 1. The minimum absolute atomic E-state index is 0.0225. The van der Waals surface area contributed by atoms with Crippen molar-refractivity contribution in [1.82, 2.24) is 10.2 Å². The van der Waals surface area contributed by atoms with Gasteiger partial charge in [-0.15, -0.1) is 0 Å². The predicted molar refractivity (Wildman–Crippen MR) is 109 cm³/mol. The van der Waals surface area contributed by atoms with Gasteiger partial charge >= 0.3 is 0 Å². The van der Waals surface area contributed by atoms with Crippen molar-refractivity contribution in [2.45, 2.75) is 53.1 Å². The summed E-state index contributed by atoms with van der Waals surface area (Å²) in [6, 6.07) is 15.5. The van der Waals surface area contributed by atoms with E-state index in [2.05, 4.69) is 17.4 Å². The first-order chi connectivity index (χ1) is 13.0. The molecule has 2 aromatic carbocycles. The molecular formula is C23H30N2O2. The Balaban J connectivity index is 2.30. The third kappa shape index (κ3) is 5.68. The van der Waals surface area contributed by atoms with E-state index in [4.69, 9.17) is 0 Å². The van der Waals surface area contributed by atoms with Gasteiger partial charge < -0.3 is 10.2 Å². The third-order valence-corrected chi connectivity index (χ3v) is 4.78. The van der Waals surface area contributed by atoms with Gasteiger partial charge in [0.2, 0.25) is 11.8 Å². The summed E-state index contributed by atoms with van der Waals surface area (Å²) >= 11 is 0. The van der Waals surface area contributed by atoms with E-state index in [-0.39, 0.29) is 11.8 Å². The van der Waals surface area contributed by atoms with Gasteiger partial charge in [0.05, 0.1) is 6.42 Å². The maximum Gasteiger partial charge on any atom is 0.242 e. The van der Waals surface area contributed by atoms with Gasteiger partial charge in [-0.25, -0.2) is 0 Å². The molecule has 1 N–H and O–H groups in total. The quantitative estimate of drug-likeness (QED) is 0.773. The van der Waals surface area contributed by atoms with Crippen LogP contribution >= 0.6 is 0 Å². The summed E-state index contributed by atoms with van der Waals surface area (Å²) in [5, 5.41) is 2.87. The van der Waals surface area contributed by atoms with Crippen LogP contribution in [0.3, 0.4) is 0 Å². The molecule has 0 spiro atoms. The van der Waals surface area contributed by atoms with Crippen LogP contribution in [0.25, 0.3) is 0 Å². The number of carbonyl (C=O) groups excluding carboxylic acids is 2. The topological polar surface area (TPSA) is 49.4 Å². The van der Waals surface area contributed by atoms with Crippen LogP contribution in [-0.4, -0.2) is 29.3 Å². The van der Waals surface area contributed by atoms with Crippen LogP contribution in [0, 0.1) is 13.8 Å². The summed E-state index contributed by atoms with van der Waals surface area (Å²) in [4.78, 5) is 27.5. The molecule has 0 aliphatic heterocycles. The SMILES string of the molecule is CCNC(=O)[C@@H](CC)N(Cc1ccccc1)C(=O)Cc1cc(C)ccc1C. The number of amides is 2. The molecule has 0 saturated carbocycles. The van der Waals surface area contributed by atoms with Gasteiger partial charge in [-0.2, -0.15) is 0 Å². The number of carbonyl (C=O) groups is 2. The first-order valence-corrected chi connectivity index (χ1v) is 9.63. The zero-order chi connectivity index (χ0) is 19.8. The first kappa shape index (κ1) is 20.7. The normalized spacial score (nSPS) is 11.7. The molecule has 144 valence electrons. The van der Waals surface area contributed by atoms with Gasteiger partial charge in [0, 0.05) is 13.1 Å². The Hall–Kier alpha value is -2.62. The number of benzene rings is 2. The molecule has 0 bridgehead atoms. The number of hydrogen-bond acceptors (Lipinski definition) is 2. The second-order valence-electron chi connectivity index (χ2n) is 6.93. The Bertz CT molecular complexity index is 771. The molecule has 0 fully saturated rings. The summed E-state index contributed by atoms with van der Waals surface area (Å²) in [5.41, 5.74) is 4.27. The van der Waals surface area contributed by atoms with Crippen molar-refractivity contribution in [2.24, 2.45) is 0 Å². The summed E-state index contributed by atoms with van der Waals surface area (Å²) in [6.45, 7) is 8.87. The van der Waals surface area contributed by atoms with E-state index in [1.54, 1.807) is 4.90 Å². The zero-order valence-corrected chi connectivity index (χ0v) is 16.8.